The molecule has 3 rings (SSSR count). The van der Waals surface area contributed by atoms with Crippen LogP contribution in [0.3, 0.4) is 0 Å². The summed E-state index contributed by atoms with van der Waals surface area (Å²) >= 11 is 3.49. The van der Waals surface area contributed by atoms with E-state index in [1.54, 1.807) is 7.11 Å². The highest BCUT2D eigenvalue weighted by molar-refractivity contribution is 9.10. The standard InChI is InChI=1S/C21H24BrNO4/c1-3-23(14-16-5-8-19-20(13-16)27-11-10-26-19)21(24)9-6-15-4-7-18(25-2)17(22)12-15/h4-5,7-8,12-13H,3,6,9-11,14H2,1-2H3. The maximum absolute atomic E-state index is 12.7. The van der Waals surface area contributed by atoms with E-state index in [9.17, 15) is 4.79 Å². The molecule has 27 heavy (non-hydrogen) atoms. The number of carbonyl (C=O) groups excluding carboxylic acids is 1. The maximum Gasteiger partial charge on any atom is 0.223 e. The van der Waals surface area contributed by atoms with E-state index in [1.165, 1.54) is 0 Å². The Bertz CT molecular complexity index is 809. The Kier molecular flexibility index (Phi) is 6.61. The van der Waals surface area contributed by atoms with Crippen molar-refractivity contribution in [3.8, 4) is 17.2 Å². The average Bonchev–Trinajstić information content (AvgIpc) is 2.70. The third-order valence-corrected chi connectivity index (χ3v) is 5.18. The van der Waals surface area contributed by atoms with Crippen LogP contribution in [0.4, 0.5) is 0 Å². The average molecular weight is 434 g/mol. The van der Waals surface area contributed by atoms with Gasteiger partial charge in [0.15, 0.2) is 11.5 Å². The van der Waals surface area contributed by atoms with E-state index in [4.69, 9.17) is 14.2 Å². The van der Waals surface area contributed by atoms with Crippen LogP contribution in [0, 0.1) is 0 Å². The molecular weight excluding hydrogens is 410 g/mol. The third kappa shape index (κ3) is 4.95. The summed E-state index contributed by atoms with van der Waals surface area (Å²) in [6.07, 6.45) is 1.16. The van der Waals surface area contributed by atoms with Gasteiger partial charge in [0.05, 0.1) is 11.6 Å². The molecule has 0 N–H and O–H groups in total. The van der Waals surface area contributed by atoms with Crippen molar-refractivity contribution in [2.24, 2.45) is 0 Å². The number of amides is 1. The third-order valence-electron chi connectivity index (χ3n) is 4.56. The van der Waals surface area contributed by atoms with Crippen LogP contribution in [0.5, 0.6) is 17.2 Å². The Morgan fingerprint density at radius 2 is 1.85 bits per heavy atom. The van der Waals surface area contributed by atoms with Crippen molar-refractivity contribution < 1.29 is 19.0 Å². The van der Waals surface area contributed by atoms with Gasteiger partial charge in [0.2, 0.25) is 5.91 Å². The second-order valence-electron chi connectivity index (χ2n) is 6.35. The molecule has 1 aliphatic rings. The first-order valence-electron chi connectivity index (χ1n) is 9.09. The van der Waals surface area contributed by atoms with Crippen molar-refractivity contribution in [1.29, 1.82) is 0 Å². The summed E-state index contributed by atoms with van der Waals surface area (Å²) in [6, 6.07) is 11.8. The molecule has 1 amide bonds. The molecule has 0 atom stereocenters. The van der Waals surface area contributed by atoms with E-state index >= 15 is 0 Å². The number of hydrogen-bond donors (Lipinski definition) is 0. The quantitative estimate of drug-likeness (QED) is 0.655. The molecule has 6 heteroatoms. The van der Waals surface area contributed by atoms with Crippen molar-refractivity contribution >= 4 is 21.8 Å². The maximum atomic E-state index is 12.7. The van der Waals surface area contributed by atoms with Crippen LogP contribution in [0.1, 0.15) is 24.5 Å². The molecule has 1 heterocycles. The van der Waals surface area contributed by atoms with Crippen molar-refractivity contribution in [2.45, 2.75) is 26.3 Å². The van der Waals surface area contributed by atoms with Gasteiger partial charge in [-0.25, -0.2) is 0 Å². The van der Waals surface area contributed by atoms with E-state index in [1.807, 2.05) is 48.2 Å². The topological polar surface area (TPSA) is 48.0 Å². The van der Waals surface area contributed by atoms with Gasteiger partial charge in [-0.1, -0.05) is 12.1 Å². The minimum atomic E-state index is 0.138. The van der Waals surface area contributed by atoms with Gasteiger partial charge in [-0.2, -0.15) is 0 Å². The van der Waals surface area contributed by atoms with Crippen LogP contribution < -0.4 is 14.2 Å². The van der Waals surface area contributed by atoms with E-state index in [0.29, 0.717) is 39.1 Å². The SMILES string of the molecule is CCN(Cc1ccc2c(c1)OCCO2)C(=O)CCc1ccc(OC)c(Br)c1. The minimum absolute atomic E-state index is 0.138. The molecule has 5 nitrogen and oxygen atoms in total. The van der Waals surface area contributed by atoms with Gasteiger partial charge < -0.3 is 19.1 Å². The van der Waals surface area contributed by atoms with Crippen molar-refractivity contribution in [3.05, 3.63) is 52.0 Å². The number of fused-ring (bicyclic) bond motifs is 1. The van der Waals surface area contributed by atoms with Crippen LogP contribution in [-0.2, 0) is 17.8 Å². The predicted octanol–water partition coefficient (Wildman–Crippen LogP) is 4.21. The van der Waals surface area contributed by atoms with Gasteiger partial charge in [0, 0.05) is 19.5 Å². The van der Waals surface area contributed by atoms with E-state index in [2.05, 4.69) is 15.9 Å². The number of methoxy groups -OCH3 is 1. The molecule has 2 aromatic carbocycles. The summed E-state index contributed by atoms with van der Waals surface area (Å²) in [6.45, 7) is 4.37. The zero-order chi connectivity index (χ0) is 19.2. The lowest BCUT2D eigenvalue weighted by atomic mass is 10.1. The number of hydrogen-bond acceptors (Lipinski definition) is 4. The molecule has 0 aromatic heterocycles. The number of halogens is 1. The summed E-state index contributed by atoms with van der Waals surface area (Å²) in [4.78, 5) is 14.5. The molecule has 0 fully saturated rings. The van der Waals surface area contributed by atoms with Gasteiger partial charge in [0.1, 0.15) is 19.0 Å². The van der Waals surface area contributed by atoms with Crippen LogP contribution in [0.25, 0.3) is 0 Å². The number of benzene rings is 2. The number of rotatable bonds is 7. The highest BCUT2D eigenvalue weighted by atomic mass is 79.9. The largest absolute Gasteiger partial charge is 0.496 e. The fraction of sp³-hybridized carbons (Fsp3) is 0.381. The molecule has 0 radical (unpaired) electrons. The van der Waals surface area contributed by atoms with Crippen LogP contribution >= 0.6 is 15.9 Å². The smallest absolute Gasteiger partial charge is 0.223 e. The first-order chi connectivity index (χ1) is 13.1. The van der Waals surface area contributed by atoms with E-state index in [-0.39, 0.29) is 5.91 Å². The Morgan fingerprint density at radius 3 is 2.56 bits per heavy atom. The summed E-state index contributed by atoms with van der Waals surface area (Å²) < 4.78 is 17.3. The van der Waals surface area contributed by atoms with Gasteiger partial charge >= 0.3 is 0 Å². The zero-order valence-electron chi connectivity index (χ0n) is 15.7. The zero-order valence-corrected chi connectivity index (χ0v) is 17.3. The fourth-order valence-electron chi connectivity index (χ4n) is 3.06. The highest BCUT2D eigenvalue weighted by Gasteiger charge is 2.16. The fourth-order valence-corrected chi connectivity index (χ4v) is 3.65. The molecule has 0 spiro atoms. The van der Waals surface area contributed by atoms with Crippen molar-refractivity contribution in [3.63, 3.8) is 0 Å². The molecule has 0 unspecified atom stereocenters. The first kappa shape index (κ1) is 19.5. The Balaban J connectivity index is 1.60. The number of nitrogens with zero attached hydrogens (tertiary/aromatic N) is 1. The lowest BCUT2D eigenvalue weighted by molar-refractivity contribution is -0.131. The summed E-state index contributed by atoms with van der Waals surface area (Å²) in [5.41, 5.74) is 2.15. The monoisotopic (exact) mass is 433 g/mol. The van der Waals surface area contributed by atoms with Crippen LogP contribution in [-0.4, -0.2) is 37.7 Å². The van der Waals surface area contributed by atoms with E-state index in [0.717, 1.165) is 32.8 Å². The molecule has 0 bridgehead atoms. The van der Waals surface area contributed by atoms with Crippen LogP contribution in [0.2, 0.25) is 0 Å². The summed E-state index contributed by atoms with van der Waals surface area (Å²) in [7, 11) is 1.64. The Morgan fingerprint density at radius 1 is 1.11 bits per heavy atom. The number of carbonyl (C=O) groups is 1. The van der Waals surface area contributed by atoms with Gasteiger partial charge in [0.25, 0.3) is 0 Å². The summed E-state index contributed by atoms with van der Waals surface area (Å²) in [5.74, 6) is 2.45. The predicted molar refractivity (Wildman–Crippen MR) is 108 cm³/mol. The Hall–Kier alpha value is -2.21. The van der Waals surface area contributed by atoms with Crippen molar-refractivity contribution in [1.82, 2.24) is 4.90 Å². The number of ether oxygens (including phenoxy) is 3. The minimum Gasteiger partial charge on any atom is -0.496 e. The molecule has 2 aromatic rings. The first-order valence-corrected chi connectivity index (χ1v) is 9.88. The highest BCUT2D eigenvalue weighted by Crippen LogP contribution is 2.31. The lowest BCUT2D eigenvalue weighted by Crippen LogP contribution is -2.30. The van der Waals surface area contributed by atoms with Gasteiger partial charge in [-0.3, -0.25) is 4.79 Å². The van der Waals surface area contributed by atoms with Crippen LogP contribution in [0.15, 0.2) is 40.9 Å². The molecule has 144 valence electrons. The Labute approximate surface area is 168 Å². The molecule has 1 aliphatic heterocycles. The number of aryl methyl sites for hydroxylation is 1. The summed E-state index contributed by atoms with van der Waals surface area (Å²) in [5, 5.41) is 0. The molecular formula is C21H24BrNO4. The van der Waals surface area contributed by atoms with Crippen molar-refractivity contribution in [2.75, 3.05) is 26.9 Å². The lowest BCUT2D eigenvalue weighted by Gasteiger charge is -2.23. The van der Waals surface area contributed by atoms with E-state index < -0.39 is 0 Å². The molecule has 0 aliphatic carbocycles. The van der Waals surface area contributed by atoms with Gasteiger partial charge in [-0.05, 0) is 64.7 Å². The molecule has 0 saturated heterocycles. The second kappa shape index (κ2) is 9.13. The normalized spacial score (nSPS) is 12.6. The second-order valence-corrected chi connectivity index (χ2v) is 7.21. The molecule has 0 saturated carbocycles. The van der Waals surface area contributed by atoms with Gasteiger partial charge in [-0.15, -0.1) is 0 Å².